The Morgan fingerprint density at radius 3 is 2.62 bits per heavy atom. The van der Waals surface area contributed by atoms with E-state index in [0.717, 1.165) is 38.5 Å². The van der Waals surface area contributed by atoms with Crippen LogP contribution in [-0.4, -0.2) is 56.4 Å². The highest BCUT2D eigenvalue weighted by molar-refractivity contribution is 5.70. The van der Waals surface area contributed by atoms with Gasteiger partial charge in [-0.05, 0) is 52.4 Å². The molecule has 1 amide bonds. The Morgan fingerprint density at radius 2 is 1.91 bits per heavy atom. The molecule has 2 heterocycles. The number of amides is 1. The van der Waals surface area contributed by atoms with Crippen molar-refractivity contribution >= 4 is 12.1 Å². The maximum atomic E-state index is 12.5. The number of carboxylic acids is 1. The summed E-state index contributed by atoms with van der Waals surface area (Å²) in [6, 6.07) is 0.228. The molecule has 1 N–H and O–H groups in total. The highest BCUT2D eigenvalue weighted by Crippen LogP contribution is 2.31. The van der Waals surface area contributed by atoms with E-state index < -0.39 is 5.97 Å². The van der Waals surface area contributed by atoms with Crippen molar-refractivity contribution in [3.8, 4) is 17.3 Å². The van der Waals surface area contributed by atoms with Gasteiger partial charge in [-0.3, -0.25) is 4.79 Å². The predicted molar refractivity (Wildman–Crippen MR) is 121 cm³/mol. The van der Waals surface area contributed by atoms with Crippen LogP contribution in [0.3, 0.4) is 0 Å². The fourth-order valence-electron chi connectivity index (χ4n) is 4.77. The monoisotopic (exact) mass is 472 g/mol. The van der Waals surface area contributed by atoms with E-state index in [0.29, 0.717) is 47.1 Å². The standard InChI is InChI=1S/C24H32N4O6/c1-14-19(13-32-24(31)28(3)17-8-4-5-9-17)21(34-27-14)20-12-25-22(15(2)26-20)33-18-10-6-7-16(11-18)23(29)30/h12,16-18H,4-11,13H2,1-3H3,(H,29,30)/t16-,18-/m0/s1. The molecule has 184 valence electrons. The smallest absolute Gasteiger partial charge is 0.410 e. The maximum Gasteiger partial charge on any atom is 0.410 e. The Kier molecular flexibility index (Phi) is 7.33. The van der Waals surface area contributed by atoms with Gasteiger partial charge in [-0.1, -0.05) is 18.0 Å². The lowest BCUT2D eigenvalue weighted by Crippen LogP contribution is -2.35. The molecule has 0 saturated heterocycles. The van der Waals surface area contributed by atoms with E-state index >= 15 is 0 Å². The van der Waals surface area contributed by atoms with Crippen molar-refractivity contribution in [2.75, 3.05) is 7.05 Å². The van der Waals surface area contributed by atoms with Gasteiger partial charge in [0.25, 0.3) is 0 Å². The number of hydrogen-bond acceptors (Lipinski definition) is 8. The van der Waals surface area contributed by atoms with Crippen LogP contribution in [0.2, 0.25) is 0 Å². The first-order chi connectivity index (χ1) is 16.3. The summed E-state index contributed by atoms with van der Waals surface area (Å²) in [5, 5.41) is 13.3. The second-order valence-electron chi connectivity index (χ2n) is 9.27. The molecular formula is C24H32N4O6. The second-order valence-corrected chi connectivity index (χ2v) is 9.27. The number of carbonyl (C=O) groups excluding carboxylic acids is 1. The SMILES string of the molecule is Cc1nc(-c2onc(C)c2COC(=O)N(C)C2CCCC2)cnc1O[C@H]1CCC[C@H](C(=O)O)C1. The van der Waals surface area contributed by atoms with Crippen molar-refractivity contribution in [1.29, 1.82) is 0 Å². The van der Waals surface area contributed by atoms with Gasteiger partial charge in [0.2, 0.25) is 5.88 Å². The van der Waals surface area contributed by atoms with Crippen molar-refractivity contribution in [2.45, 2.75) is 84.0 Å². The number of carboxylic acid groups (broad SMARTS) is 1. The molecule has 0 bridgehead atoms. The van der Waals surface area contributed by atoms with Crippen LogP contribution in [0.5, 0.6) is 5.88 Å². The zero-order valence-corrected chi connectivity index (χ0v) is 20.0. The molecule has 34 heavy (non-hydrogen) atoms. The Labute approximate surface area is 198 Å². The minimum absolute atomic E-state index is 0.0260. The summed E-state index contributed by atoms with van der Waals surface area (Å²) in [7, 11) is 1.78. The maximum absolute atomic E-state index is 12.5. The lowest BCUT2D eigenvalue weighted by molar-refractivity contribution is -0.143. The molecule has 2 fully saturated rings. The largest absolute Gasteiger partial charge is 0.481 e. The number of ether oxygens (including phenoxy) is 2. The molecular weight excluding hydrogens is 440 g/mol. The molecule has 0 radical (unpaired) electrons. The van der Waals surface area contributed by atoms with Crippen molar-refractivity contribution < 1.29 is 28.7 Å². The first-order valence-electron chi connectivity index (χ1n) is 11.9. The second kappa shape index (κ2) is 10.4. The van der Waals surface area contributed by atoms with E-state index in [1.165, 1.54) is 6.20 Å². The van der Waals surface area contributed by atoms with Crippen molar-refractivity contribution in [3.05, 3.63) is 23.1 Å². The topological polar surface area (TPSA) is 128 Å². The van der Waals surface area contributed by atoms with E-state index in [4.69, 9.17) is 14.0 Å². The summed E-state index contributed by atoms with van der Waals surface area (Å²) in [4.78, 5) is 34.5. The van der Waals surface area contributed by atoms with E-state index in [9.17, 15) is 14.7 Å². The van der Waals surface area contributed by atoms with Gasteiger partial charge in [0.1, 0.15) is 24.1 Å². The number of nitrogens with zero attached hydrogens (tertiary/aromatic N) is 4. The Bertz CT molecular complexity index is 1030. The van der Waals surface area contributed by atoms with Gasteiger partial charge in [0, 0.05) is 13.1 Å². The minimum atomic E-state index is -0.783. The number of aromatic nitrogens is 3. The van der Waals surface area contributed by atoms with Gasteiger partial charge in [0.15, 0.2) is 5.76 Å². The van der Waals surface area contributed by atoms with Crippen molar-refractivity contribution in [2.24, 2.45) is 5.92 Å². The van der Waals surface area contributed by atoms with Crippen LogP contribution in [0.1, 0.15) is 68.3 Å². The van der Waals surface area contributed by atoms with Crippen LogP contribution in [0.25, 0.3) is 11.5 Å². The Morgan fingerprint density at radius 1 is 1.15 bits per heavy atom. The molecule has 2 aromatic rings. The molecule has 10 heteroatoms. The van der Waals surface area contributed by atoms with E-state index in [2.05, 4.69) is 15.1 Å². The van der Waals surface area contributed by atoms with Crippen molar-refractivity contribution in [1.82, 2.24) is 20.0 Å². The Hall–Kier alpha value is -3.17. The average Bonchev–Trinajstić information content (AvgIpc) is 3.48. The molecule has 2 aromatic heterocycles. The number of rotatable bonds is 7. The van der Waals surface area contributed by atoms with Gasteiger partial charge in [-0.25, -0.2) is 14.8 Å². The Balaban J connectivity index is 1.43. The van der Waals surface area contributed by atoms with Crippen LogP contribution in [-0.2, 0) is 16.1 Å². The molecule has 2 saturated carbocycles. The fourth-order valence-corrected chi connectivity index (χ4v) is 4.77. The number of hydrogen-bond donors (Lipinski definition) is 1. The van der Waals surface area contributed by atoms with Crippen LogP contribution >= 0.6 is 0 Å². The third-order valence-electron chi connectivity index (χ3n) is 6.87. The van der Waals surface area contributed by atoms with Gasteiger partial charge in [-0.2, -0.15) is 0 Å². The molecule has 10 nitrogen and oxygen atoms in total. The zero-order chi connectivity index (χ0) is 24.2. The summed E-state index contributed by atoms with van der Waals surface area (Å²) in [5.41, 5.74) is 2.29. The quantitative estimate of drug-likeness (QED) is 0.628. The van der Waals surface area contributed by atoms with Crippen LogP contribution in [0.15, 0.2) is 10.7 Å². The first-order valence-corrected chi connectivity index (χ1v) is 11.9. The predicted octanol–water partition coefficient (Wildman–Crippen LogP) is 4.28. The van der Waals surface area contributed by atoms with E-state index in [1.807, 2.05) is 0 Å². The van der Waals surface area contributed by atoms with Gasteiger partial charge >= 0.3 is 12.1 Å². The summed E-state index contributed by atoms with van der Waals surface area (Å²) >= 11 is 0. The van der Waals surface area contributed by atoms with Crippen LogP contribution in [0.4, 0.5) is 4.79 Å². The molecule has 2 aliphatic carbocycles. The summed E-state index contributed by atoms with van der Waals surface area (Å²) in [6.07, 6.45) is 7.98. The number of carbonyl (C=O) groups is 2. The van der Waals surface area contributed by atoms with E-state index in [-0.39, 0.29) is 30.8 Å². The lowest BCUT2D eigenvalue weighted by atomic mass is 9.87. The lowest BCUT2D eigenvalue weighted by Gasteiger charge is -2.27. The van der Waals surface area contributed by atoms with Gasteiger partial charge in [-0.15, -0.1) is 0 Å². The van der Waals surface area contributed by atoms with Crippen LogP contribution < -0.4 is 4.74 Å². The van der Waals surface area contributed by atoms with Crippen LogP contribution in [0, 0.1) is 19.8 Å². The number of aryl methyl sites for hydroxylation is 2. The molecule has 2 atom stereocenters. The molecule has 0 spiro atoms. The molecule has 0 aromatic carbocycles. The zero-order valence-electron chi connectivity index (χ0n) is 20.0. The molecule has 4 rings (SSSR count). The highest BCUT2D eigenvalue weighted by Gasteiger charge is 2.29. The highest BCUT2D eigenvalue weighted by atomic mass is 16.6. The molecule has 2 aliphatic rings. The minimum Gasteiger partial charge on any atom is -0.481 e. The van der Waals surface area contributed by atoms with Crippen molar-refractivity contribution in [3.63, 3.8) is 0 Å². The van der Waals surface area contributed by atoms with E-state index in [1.54, 1.807) is 25.8 Å². The normalized spacial score (nSPS) is 20.8. The average molecular weight is 473 g/mol. The molecule has 0 aliphatic heterocycles. The van der Waals surface area contributed by atoms with Gasteiger partial charge < -0.3 is 24.0 Å². The molecule has 0 unspecified atom stereocenters. The summed E-state index contributed by atoms with van der Waals surface area (Å²) in [6.45, 7) is 3.59. The first kappa shape index (κ1) is 24.0. The third kappa shape index (κ3) is 5.31. The van der Waals surface area contributed by atoms with Gasteiger partial charge in [0.05, 0.1) is 23.4 Å². The fraction of sp³-hybridized carbons (Fsp3) is 0.625. The number of aliphatic carboxylic acids is 1. The third-order valence-corrected chi connectivity index (χ3v) is 6.87. The summed E-state index contributed by atoms with van der Waals surface area (Å²) < 4.78 is 17.0. The summed E-state index contributed by atoms with van der Waals surface area (Å²) in [5.74, 6) is -0.391.